The van der Waals surface area contributed by atoms with E-state index in [0.717, 1.165) is 5.56 Å². The van der Waals surface area contributed by atoms with Gasteiger partial charge in [0.2, 0.25) is 5.91 Å². The molecule has 1 aromatic carbocycles. The molecule has 0 bridgehead atoms. The van der Waals surface area contributed by atoms with Gasteiger partial charge < -0.3 is 10.6 Å². The zero-order valence-corrected chi connectivity index (χ0v) is 13.0. The van der Waals surface area contributed by atoms with Gasteiger partial charge in [0.15, 0.2) is 0 Å². The van der Waals surface area contributed by atoms with Crippen LogP contribution in [-0.2, 0) is 4.79 Å². The number of carbonyl (C=O) groups is 1. The van der Waals surface area contributed by atoms with E-state index in [4.69, 9.17) is 29.6 Å². The van der Waals surface area contributed by atoms with Crippen molar-refractivity contribution in [2.24, 2.45) is 11.7 Å². The predicted molar refractivity (Wildman–Crippen MR) is 83.2 cm³/mol. The Kier molecular flexibility index (Phi) is 5.76. The molecule has 2 atom stereocenters. The van der Waals surface area contributed by atoms with E-state index in [2.05, 4.69) is 0 Å². The first-order chi connectivity index (χ1) is 8.90. The van der Waals surface area contributed by atoms with E-state index in [0.29, 0.717) is 11.4 Å². The molecule has 1 rings (SSSR count). The van der Waals surface area contributed by atoms with Crippen LogP contribution in [0.3, 0.4) is 0 Å². The molecule has 104 valence electrons. The second kappa shape index (κ2) is 6.87. The zero-order chi connectivity index (χ0) is 14.6. The fourth-order valence-electron chi connectivity index (χ4n) is 1.96. The quantitative estimate of drug-likeness (QED) is 0.849. The highest BCUT2D eigenvalue weighted by atomic mass is 35.5. The molecule has 0 aromatic heterocycles. The first-order valence-electron chi connectivity index (χ1n) is 6.20. The first kappa shape index (κ1) is 15.9. The number of hydrogen-bond donors (Lipinski definition) is 1. The number of carbonyl (C=O) groups excluding carboxylic acids is 1. The lowest BCUT2D eigenvalue weighted by atomic mass is 10.0. The Morgan fingerprint density at radius 3 is 2.53 bits per heavy atom. The SMILES string of the molecule is CCC(C(=O)N(C)C(C)c1ccccc1Cl)C(N)=S. The molecule has 0 spiro atoms. The molecule has 2 N–H and O–H groups in total. The fourth-order valence-corrected chi connectivity index (χ4v) is 2.52. The van der Waals surface area contributed by atoms with Crippen molar-refractivity contribution in [3.8, 4) is 0 Å². The van der Waals surface area contributed by atoms with E-state index in [1.54, 1.807) is 11.9 Å². The van der Waals surface area contributed by atoms with Gasteiger partial charge in [-0.05, 0) is 25.0 Å². The third-order valence-corrected chi connectivity index (χ3v) is 3.96. The molecular weight excluding hydrogens is 280 g/mol. The molecule has 0 aliphatic carbocycles. The van der Waals surface area contributed by atoms with Gasteiger partial charge in [-0.25, -0.2) is 0 Å². The number of benzene rings is 1. The van der Waals surface area contributed by atoms with Crippen molar-refractivity contribution in [2.75, 3.05) is 7.05 Å². The highest BCUT2D eigenvalue weighted by Gasteiger charge is 2.27. The molecule has 5 heteroatoms. The van der Waals surface area contributed by atoms with E-state index < -0.39 is 5.92 Å². The Morgan fingerprint density at radius 2 is 2.05 bits per heavy atom. The molecule has 1 aromatic rings. The van der Waals surface area contributed by atoms with E-state index >= 15 is 0 Å². The largest absolute Gasteiger partial charge is 0.393 e. The monoisotopic (exact) mass is 298 g/mol. The van der Waals surface area contributed by atoms with Crippen LogP contribution < -0.4 is 5.73 Å². The summed E-state index contributed by atoms with van der Waals surface area (Å²) in [5.74, 6) is -0.479. The Hall–Kier alpha value is -1.13. The van der Waals surface area contributed by atoms with Gasteiger partial charge in [0.05, 0.1) is 16.9 Å². The topological polar surface area (TPSA) is 46.3 Å². The molecule has 3 nitrogen and oxygen atoms in total. The number of thiocarbonyl (C=S) groups is 1. The Labute approximate surface area is 124 Å². The van der Waals surface area contributed by atoms with Crippen molar-refractivity contribution in [1.29, 1.82) is 0 Å². The maximum Gasteiger partial charge on any atom is 0.232 e. The number of rotatable bonds is 5. The minimum absolute atomic E-state index is 0.0672. The summed E-state index contributed by atoms with van der Waals surface area (Å²) in [5.41, 5.74) is 6.53. The van der Waals surface area contributed by atoms with Gasteiger partial charge in [0.25, 0.3) is 0 Å². The molecule has 0 aliphatic rings. The summed E-state index contributed by atoms with van der Waals surface area (Å²) in [6.07, 6.45) is 0.605. The van der Waals surface area contributed by atoms with Gasteiger partial charge in [0.1, 0.15) is 0 Å². The summed E-state index contributed by atoms with van der Waals surface area (Å²) in [6.45, 7) is 3.83. The van der Waals surface area contributed by atoms with Gasteiger partial charge in [-0.1, -0.05) is 48.9 Å². The number of amides is 1. The van der Waals surface area contributed by atoms with E-state index in [9.17, 15) is 4.79 Å². The fraction of sp³-hybridized carbons (Fsp3) is 0.429. The average Bonchev–Trinajstić information content (AvgIpc) is 2.37. The molecule has 0 heterocycles. The molecule has 0 saturated heterocycles. The number of nitrogens with zero attached hydrogens (tertiary/aromatic N) is 1. The molecule has 0 aliphatic heterocycles. The van der Waals surface area contributed by atoms with Gasteiger partial charge in [-0.2, -0.15) is 0 Å². The smallest absolute Gasteiger partial charge is 0.232 e. The van der Waals surface area contributed by atoms with Gasteiger partial charge in [0, 0.05) is 12.1 Å². The lowest BCUT2D eigenvalue weighted by Crippen LogP contribution is -2.40. The highest BCUT2D eigenvalue weighted by molar-refractivity contribution is 7.80. The summed E-state index contributed by atoms with van der Waals surface area (Å²) in [6, 6.07) is 7.38. The summed E-state index contributed by atoms with van der Waals surface area (Å²) < 4.78 is 0. The number of halogens is 1. The Morgan fingerprint density at radius 1 is 1.47 bits per heavy atom. The van der Waals surface area contributed by atoms with Crippen molar-refractivity contribution < 1.29 is 4.79 Å². The minimum atomic E-state index is -0.412. The molecule has 2 unspecified atom stereocenters. The molecule has 1 amide bonds. The first-order valence-corrected chi connectivity index (χ1v) is 6.99. The van der Waals surface area contributed by atoms with Crippen molar-refractivity contribution in [3.05, 3.63) is 34.9 Å². The normalized spacial score (nSPS) is 13.7. The second-order valence-corrected chi connectivity index (χ2v) is 5.39. The average molecular weight is 299 g/mol. The second-order valence-electron chi connectivity index (χ2n) is 4.51. The van der Waals surface area contributed by atoms with Crippen LogP contribution in [0, 0.1) is 5.92 Å². The maximum atomic E-state index is 12.4. The van der Waals surface area contributed by atoms with Crippen LogP contribution in [0.4, 0.5) is 0 Å². The predicted octanol–water partition coefficient (Wildman–Crippen LogP) is 3.17. The lowest BCUT2D eigenvalue weighted by Gasteiger charge is -2.29. The van der Waals surface area contributed by atoms with Crippen molar-refractivity contribution in [3.63, 3.8) is 0 Å². The van der Waals surface area contributed by atoms with Crippen LogP contribution in [0.5, 0.6) is 0 Å². The van der Waals surface area contributed by atoms with Gasteiger partial charge >= 0.3 is 0 Å². The molecular formula is C14H19ClN2OS. The highest BCUT2D eigenvalue weighted by Crippen LogP contribution is 2.27. The molecule has 0 fully saturated rings. The van der Waals surface area contributed by atoms with E-state index in [-0.39, 0.29) is 16.9 Å². The maximum absolute atomic E-state index is 12.4. The van der Waals surface area contributed by atoms with E-state index in [1.807, 2.05) is 38.1 Å². The van der Waals surface area contributed by atoms with Gasteiger partial charge in [-0.3, -0.25) is 4.79 Å². The summed E-state index contributed by atoms with van der Waals surface area (Å²) in [5, 5.41) is 0.651. The van der Waals surface area contributed by atoms with Crippen molar-refractivity contribution in [2.45, 2.75) is 26.3 Å². The molecule has 19 heavy (non-hydrogen) atoms. The zero-order valence-electron chi connectivity index (χ0n) is 11.4. The van der Waals surface area contributed by atoms with Crippen LogP contribution >= 0.6 is 23.8 Å². The lowest BCUT2D eigenvalue weighted by molar-refractivity contribution is -0.134. The van der Waals surface area contributed by atoms with Gasteiger partial charge in [-0.15, -0.1) is 0 Å². The summed E-state index contributed by atoms with van der Waals surface area (Å²) in [4.78, 5) is 14.2. The van der Waals surface area contributed by atoms with Crippen LogP contribution in [0.1, 0.15) is 31.9 Å². The molecule has 0 radical (unpaired) electrons. The summed E-state index contributed by atoms with van der Waals surface area (Å²) in [7, 11) is 1.75. The van der Waals surface area contributed by atoms with E-state index in [1.165, 1.54) is 0 Å². The standard InChI is InChI=1S/C14H19ClN2OS/c1-4-10(13(16)19)14(18)17(3)9(2)11-7-5-6-8-12(11)15/h5-10H,4H2,1-3H3,(H2,16,19). The third kappa shape index (κ3) is 3.67. The van der Waals surface area contributed by atoms with Crippen LogP contribution in [0.15, 0.2) is 24.3 Å². The Balaban J connectivity index is 2.94. The summed E-state index contributed by atoms with van der Waals surface area (Å²) >= 11 is 11.1. The number of hydrogen-bond acceptors (Lipinski definition) is 2. The minimum Gasteiger partial charge on any atom is -0.393 e. The number of nitrogens with two attached hydrogens (primary N) is 1. The van der Waals surface area contributed by atoms with Crippen molar-refractivity contribution >= 4 is 34.7 Å². The third-order valence-electron chi connectivity index (χ3n) is 3.33. The van der Waals surface area contributed by atoms with Crippen LogP contribution in [0.25, 0.3) is 0 Å². The molecule has 0 saturated carbocycles. The van der Waals surface area contributed by atoms with Crippen LogP contribution in [0.2, 0.25) is 5.02 Å². The van der Waals surface area contributed by atoms with Crippen molar-refractivity contribution in [1.82, 2.24) is 4.90 Å². The Bertz CT molecular complexity index is 478. The van der Waals surface area contributed by atoms with Crippen LogP contribution in [-0.4, -0.2) is 22.8 Å².